The standard InChI is InChI=1S/C41H45FN6O8/c1-6-41(54)28-13-32-35-26(16-48(32)38(51)27(28)18-55-39(41)52)34-30(12-11-24-20(4)29(42)14-31(46-35)33(24)34)47-40(53)56-17-22-7-9-23(10-8-22)45-36(49)21(5)44-37(50)25(15-43)19(2)3/h7-10,13-14,19,21,25,30,54H,6,11-12,15-18,43H2,1-5H3,(H,44,50)(H,45,49)(H,47,53)/p+1. The van der Waals surface area contributed by atoms with E-state index in [0.29, 0.717) is 69.6 Å². The summed E-state index contributed by atoms with van der Waals surface area (Å²) < 4.78 is 27.6. The number of benzene rings is 2. The van der Waals surface area contributed by atoms with Gasteiger partial charge >= 0.3 is 12.1 Å². The number of aliphatic hydroxyl groups is 1. The third-order valence-electron chi connectivity index (χ3n) is 11.5. The first-order chi connectivity index (χ1) is 26.7. The minimum Gasteiger partial charge on any atom is -0.458 e. The van der Waals surface area contributed by atoms with Crippen LogP contribution in [0, 0.1) is 24.6 Å². The van der Waals surface area contributed by atoms with Gasteiger partial charge in [-0.3, -0.25) is 14.4 Å². The number of esters is 1. The summed E-state index contributed by atoms with van der Waals surface area (Å²) in [6.07, 6.45) is 0.196. The summed E-state index contributed by atoms with van der Waals surface area (Å²) in [5.41, 5.74) is 6.73. The predicted octanol–water partition coefficient (Wildman–Crippen LogP) is 3.40. The van der Waals surface area contributed by atoms with Gasteiger partial charge in [0.05, 0.1) is 47.5 Å². The molecule has 4 aromatic rings. The van der Waals surface area contributed by atoms with E-state index in [0.717, 1.165) is 5.56 Å². The number of pyridine rings is 2. The largest absolute Gasteiger partial charge is 0.458 e. The third-order valence-corrected chi connectivity index (χ3v) is 11.5. The van der Waals surface area contributed by atoms with Gasteiger partial charge in [0.2, 0.25) is 11.8 Å². The van der Waals surface area contributed by atoms with Crippen molar-refractivity contribution in [2.75, 3.05) is 11.9 Å². The van der Waals surface area contributed by atoms with Crippen molar-refractivity contribution in [1.29, 1.82) is 0 Å². The van der Waals surface area contributed by atoms with E-state index < -0.39 is 41.1 Å². The summed E-state index contributed by atoms with van der Waals surface area (Å²) in [4.78, 5) is 70.1. The molecule has 15 heteroatoms. The maximum Gasteiger partial charge on any atom is 0.407 e. The highest BCUT2D eigenvalue weighted by atomic mass is 19.1. The Kier molecular flexibility index (Phi) is 10.2. The first-order valence-electron chi connectivity index (χ1n) is 18.9. The van der Waals surface area contributed by atoms with Gasteiger partial charge in [-0.1, -0.05) is 32.9 Å². The zero-order valence-corrected chi connectivity index (χ0v) is 32.0. The Balaban J connectivity index is 1.10. The second-order valence-corrected chi connectivity index (χ2v) is 15.2. The number of aromatic nitrogens is 2. The number of nitrogens with one attached hydrogen (secondary N) is 3. The minimum atomic E-state index is -2.00. The number of fused-ring (bicyclic) bond motifs is 5. The molecule has 2 aromatic heterocycles. The van der Waals surface area contributed by atoms with E-state index >= 15 is 4.39 Å². The number of amides is 3. The Labute approximate surface area is 322 Å². The second-order valence-electron chi connectivity index (χ2n) is 15.2. The molecule has 4 unspecified atom stereocenters. The molecular formula is C41H46FN6O8+. The highest BCUT2D eigenvalue weighted by molar-refractivity contribution is 5.97. The SMILES string of the molecule is CCC1(O)C(=O)OCc2c1cc1n(c2=O)Cc2c-1nc1cc(F)c(C)c3c1c2C(NC(=O)OCc1ccc(NC(=O)C(C)NC(=O)C(C[NH3+])C(C)C)cc1)CC3. The maximum atomic E-state index is 15.3. The van der Waals surface area contributed by atoms with Gasteiger partial charge in [-0.2, -0.15) is 0 Å². The Hall–Kier alpha value is -5.67. The Bertz CT molecular complexity index is 2360. The van der Waals surface area contributed by atoms with Crippen LogP contribution in [-0.2, 0) is 55.6 Å². The summed E-state index contributed by atoms with van der Waals surface area (Å²) >= 11 is 0. The van der Waals surface area contributed by atoms with Gasteiger partial charge < -0.3 is 40.8 Å². The molecule has 294 valence electrons. The van der Waals surface area contributed by atoms with Crippen LogP contribution in [0.3, 0.4) is 0 Å². The number of carbonyl (C=O) groups excluding carboxylic acids is 4. The molecule has 56 heavy (non-hydrogen) atoms. The van der Waals surface area contributed by atoms with Gasteiger partial charge in [0.1, 0.15) is 25.1 Å². The molecular weight excluding hydrogens is 723 g/mol. The third kappa shape index (κ3) is 6.57. The van der Waals surface area contributed by atoms with Crippen molar-refractivity contribution in [3.63, 3.8) is 0 Å². The van der Waals surface area contributed by atoms with Crippen molar-refractivity contribution in [2.45, 2.75) is 91.3 Å². The fraction of sp³-hybridized carbons (Fsp3) is 0.415. The molecule has 0 bridgehead atoms. The van der Waals surface area contributed by atoms with Gasteiger partial charge in [-0.25, -0.2) is 19.0 Å². The lowest BCUT2D eigenvalue weighted by Crippen LogP contribution is -2.59. The van der Waals surface area contributed by atoms with Gasteiger partial charge in [0.15, 0.2) is 5.60 Å². The van der Waals surface area contributed by atoms with Crippen LogP contribution in [0.15, 0.2) is 41.2 Å². The highest BCUT2D eigenvalue weighted by Crippen LogP contribution is 2.46. The fourth-order valence-electron chi connectivity index (χ4n) is 8.12. The molecule has 0 saturated heterocycles. The highest BCUT2D eigenvalue weighted by Gasteiger charge is 2.46. The average Bonchev–Trinajstić information content (AvgIpc) is 3.54. The molecule has 4 atom stereocenters. The number of alkyl carbamates (subject to hydrolysis) is 1. The summed E-state index contributed by atoms with van der Waals surface area (Å²) in [5, 5.41) is 20.5. The van der Waals surface area contributed by atoms with E-state index in [9.17, 15) is 29.1 Å². The Morgan fingerprint density at radius 2 is 1.84 bits per heavy atom. The first-order valence-corrected chi connectivity index (χ1v) is 18.9. The lowest BCUT2D eigenvalue weighted by atomic mass is 9.81. The maximum absolute atomic E-state index is 15.3. The normalized spacial score (nSPS) is 19.0. The Morgan fingerprint density at radius 1 is 1.11 bits per heavy atom. The smallest absolute Gasteiger partial charge is 0.407 e. The topological polar surface area (TPSA) is 206 Å². The molecule has 2 aliphatic heterocycles. The monoisotopic (exact) mass is 769 g/mol. The van der Waals surface area contributed by atoms with Crippen molar-refractivity contribution in [3.05, 3.63) is 91.5 Å². The molecule has 0 saturated carbocycles. The van der Waals surface area contributed by atoms with Crippen molar-refractivity contribution >= 4 is 40.5 Å². The van der Waals surface area contributed by atoms with Crippen LogP contribution in [0.4, 0.5) is 14.9 Å². The summed E-state index contributed by atoms with van der Waals surface area (Å²) in [6.45, 7) is 9.01. The molecule has 3 aliphatic rings. The Morgan fingerprint density at radius 3 is 2.52 bits per heavy atom. The minimum absolute atomic E-state index is 0.00954. The lowest BCUT2D eigenvalue weighted by Gasteiger charge is -2.31. The van der Waals surface area contributed by atoms with Gasteiger partial charge in [0.25, 0.3) is 5.56 Å². The van der Waals surface area contributed by atoms with Crippen molar-refractivity contribution in [3.8, 4) is 11.4 Å². The zero-order valence-electron chi connectivity index (χ0n) is 32.0. The number of anilines is 1. The summed E-state index contributed by atoms with van der Waals surface area (Å²) in [6, 6.07) is 8.40. The molecule has 2 aromatic carbocycles. The van der Waals surface area contributed by atoms with Gasteiger partial charge in [-0.15, -0.1) is 0 Å². The first kappa shape index (κ1) is 38.6. The summed E-state index contributed by atoms with van der Waals surface area (Å²) in [5.74, 6) is -2.05. The van der Waals surface area contributed by atoms with Crippen LogP contribution in [0.1, 0.15) is 85.5 Å². The second kappa shape index (κ2) is 14.8. The molecule has 0 fully saturated rings. The quantitative estimate of drug-likeness (QED) is 0.132. The van der Waals surface area contributed by atoms with E-state index in [1.165, 1.54) is 10.6 Å². The fourth-order valence-corrected chi connectivity index (χ4v) is 8.12. The molecule has 7 N–H and O–H groups in total. The van der Waals surface area contributed by atoms with Crippen molar-refractivity contribution in [1.82, 2.24) is 20.2 Å². The van der Waals surface area contributed by atoms with E-state index in [1.54, 1.807) is 51.1 Å². The summed E-state index contributed by atoms with van der Waals surface area (Å²) in [7, 11) is 0. The van der Waals surface area contributed by atoms with E-state index in [-0.39, 0.29) is 61.0 Å². The zero-order chi connectivity index (χ0) is 40.2. The molecule has 4 heterocycles. The van der Waals surface area contributed by atoms with Crippen LogP contribution in [0.5, 0.6) is 0 Å². The number of nitrogens with zero attached hydrogens (tertiary/aromatic N) is 2. The van der Waals surface area contributed by atoms with Crippen LogP contribution in [-0.4, -0.2) is 51.1 Å². The molecule has 7 rings (SSSR count). The number of rotatable bonds is 10. The van der Waals surface area contributed by atoms with E-state index in [2.05, 4.69) is 21.7 Å². The molecule has 1 aliphatic carbocycles. The molecule has 3 amide bonds. The number of hydrogen-bond acceptors (Lipinski definition) is 9. The van der Waals surface area contributed by atoms with Gasteiger partial charge in [0, 0.05) is 28.3 Å². The number of halogens is 1. The van der Waals surface area contributed by atoms with Crippen LogP contribution < -0.4 is 27.2 Å². The van der Waals surface area contributed by atoms with E-state index in [4.69, 9.17) is 14.5 Å². The predicted molar refractivity (Wildman–Crippen MR) is 202 cm³/mol. The molecule has 14 nitrogen and oxygen atoms in total. The number of hydrogen-bond donors (Lipinski definition) is 5. The molecule has 0 radical (unpaired) electrons. The molecule has 0 spiro atoms. The number of carbonyl (C=O) groups is 4. The van der Waals surface area contributed by atoms with Crippen LogP contribution in [0.2, 0.25) is 0 Å². The average molecular weight is 770 g/mol. The number of ether oxygens (including phenoxy) is 2. The number of aryl methyl sites for hydroxylation is 1. The van der Waals surface area contributed by atoms with Crippen molar-refractivity contribution in [2.24, 2.45) is 11.8 Å². The van der Waals surface area contributed by atoms with E-state index in [1.807, 2.05) is 13.8 Å². The number of quaternary nitrogens is 1. The van der Waals surface area contributed by atoms with Crippen molar-refractivity contribution < 1.29 is 43.9 Å². The number of cyclic esters (lactones) is 1. The lowest BCUT2D eigenvalue weighted by molar-refractivity contribution is -0.378. The van der Waals surface area contributed by atoms with Gasteiger partial charge in [-0.05, 0) is 79.5 Å². The van der Waals surface area contributed by atoms with Crippen LogP contribution in [0.25, 0.3) is 22.3 Å². The van der Waals surface area contributed by atoms with Crippen LogP contribution >= 0.6 is 0 Å².